The molecule has 0 heterocycles. The molecule has 4 atom stereocenters. The number of ether oxygens (including phenoxy) is 2. The zero-order valence-electron chi connectivity index (χ0n) is 8.74. The molecular weight excluding hydrogens is 442 g/mol. The largest absolute Gasteiger partial charge is 0.349 e. The van der Waals surface area contributed by atoms with Gasteiger partial charge in [-0.2, -0.15) is 0 Å². The molecule has 2 bridgehead atoms. The van der Waals surface area contributed by atoms with Gasteiger partial charge in [-0.05, 0) is 0 Å². The Hall–Kier alpha value is 1.78. The van der Waals surface area contributed by atoms with Crippen LogP contribution in [0.2, 0.25) is 0 Å². The van der Waals surface area contributed by atoms with E-state index in [-0.39, 0.29) is 19.7 Å². The average Bonchev–Trinajstić information content (AvgIpc) is 2.54. The van der Waals surface area contributed by atoms with E-state index < -0.39 is 15.5 Å². The van der Waals surface area contributed by atoms with Crippen LogP contribution in [0.1, 0.15) is 0 Å². The molecule has 1 fully saturated rings. The van der Waals surface area contributed by atoms with E-state index in [1.54, 1.807) is 0 Å². The second-order valence-corrected chi connectivity index (χ2v) is 7.80. The van der Waals surface area contributed by atoms with E-state index >= 15 is 0 Å². The third-order valence-electron chi connectivity index (χ3n) is 3.38. The highest BCUT2D eigenvalue weighted by molar-refractivity contribution is 9.12. The Bertz CT molecular complexity index is 368. The van der Waals surface area contributed by atoms with E-state index in [9.17, 15) is 0 Å². The van der Waals surface area contributed by atoms with Gasteiger partial charge in [0.1, 0.15) is 0 Å². The molecule has 0 aromatic carbocycles. The van der Waals surface area contributed by atoms with Crippen LogP contribution in [0.3, 0.4) is 0 Å². The summed E-state index contributed by atoms with van der Waals surface area (Å²) in [7, 11) is 2.92. The van der Waals surface area contributed by atoms with Crippen molar-refractivity contribution in [2.75, 3.05) is 14.2 Å². The monoisotopic (exact) mass is 446 g/mol. The van der Waals surface area contributed by atoms with Crippen molar-refractivity contribution >= 4 is 78.3 Å². The molecule has 0 aromatic heterocycles. The molecule has 0 aliphatic heterocycles. The summed E-state index contributed by atoms with van der Waals surface area (Å²) in [6.45, 7) is 0. The van der Waals surface area contributed by atoms with Crippen molar-refractivity contribution in [3.8, 4) is 0 Å². The molecule has 2 aliphatic rings. The van der Waals surface area contributed by atoms with Crippen molar-refractivity contribution in [2.24, 2.45) is 0 Å². The standard InChI is InChI=1S/C9H8Br2Cl4O2/c1-16-9(17-2)7(14)3(10)4(11)8(9,15)6(13)5(7)12/h3-4H,1-2H3/t3-,4-,7-,8-/m0/s1. The van der Waals surface area contributed by atoms with Gasteiger partial charge in [-0.25, -0.2) is 0 Å². The first-order valence-corrected chi connectivity index (χ1v) is 7.92. The molecule has 0 amide bonds. The number of halogens is 6. The SMILES string of the molecule is COC1(OC)[C@@]2(Cl)C(Cl)=C(Cl)[C@@]1(Cl)[C@@H](Br)[C@@H]2Br. The van der Waals surface area contributed by atoms with Crippen molar-refractivity contribution < 1.29 is 9.47 Å². The lowest BCUT2D eigenvalue weighted by atomic mass is 10.0. The van der Waals surface area contributed by atoms with E-state index in [2.05, 4.69) is 31.9 Å². The summed E-state index contributed by atoms with van der Waals surface area (Å²) in [6, 6.07) is 0. The van der Waals surface area contributed by atoms with Crippen molar-refractivity contribution in [3.05, 3.63) is 10.1 Å². The van der Waals surface area contributed by atoms with Crippen molar-refractivity contribution in [1.29, 1.82) is 0 Å². The lowest BCUT2D eigenvalue weighted by Crippen LogP contribution is -2.57. The van der Waals surface area contributed by atoms with Crippen LogP contribution >= 0.6 is 78.3 Å². The van der Waals surface area contributed by atoms with Crippen LogP contribution in [0.25, 0.3) is 0 Å². The molecule has 0 radical (unpaired) electrons. The first-order chi connectivity index (χ1) is 7.75. The van der Waals surface area contributed by atoms with E-state index in [1.807, 2.05) is 0 Å². The molecular formula is C9H8Br2Cl4O2. The van der Waals surface area contributed by atoms with Crippen LogP contribution in [0.15, 0.2) is 10.1 Å². The first-order valence-electron chi connectivity index (χ1n) is 4.58. The highest BCUT2D eigenvalue weighted by Crippen LogP contribution is 2.72. The van der Waals surface area contributed by atoms with Crippen LogP contribution in [-0.2, 0) is 9.47 Å². The normalized spacial score (nSPS) is 48.0. The summed E-state index contributed by atoms with van der Waals surface area (Å²) in [5.41, 5.74) is 0. The van der Waals surface area contributed by atoms with Gasteiger partial charge in [0.15, 0.2) is 9.75 Å². The van der Waals surface area contributed by atoms with Gasteiger partial charge in [0, 0.05) is 14.2 Å². The van der Waals surface area contributed by atoms with Crippen molar-refractivity contribution in [2.45, 2.75) is 25.2 Å². The Morgan fingerprint density at radius 1 is 0.941 bits per heavy atom. The Labute approximate surface area is 136 Å². The first kappa shape index (κ1) is 15.2. The minimum absolute atomic E-state index is 0.247. The number of methoxy groups -OCH3 is 2. The number of alkyl halides is 4. The minimum Gasteiger partial charge on any atom is -0.349 e. The Morgan fingerprint density at radius 3 is 1.41 bits per heavy atom. The van der Waals surface area contributed by atoms with E-state index in [0.29, 0.717) is 0 Å². The fourth-order valence-electron chi connectivity index (χ4n) is 2.56. The topological polar surface area (TPSA) is 18.5 Å². The van der Waals surface area contributed by atoms with Crippen LogP contribution in [0, 0.1) is 0 Å². The third-order valence-corrected chi connectivity index (χ3v) is 9.66. The van der Waals surface area contributed by atoms with Gasteiger partial charge in [0.05, 0.1) is 19.7 Å². The highest BCUT2D eigenvalue weighted by Gasteiger charge is 2.84. The van der Waals surface area contributed by atoms with Gasteiger partial charge in [0.2, 0.25) is 5.79 Å². The highest BCUT2D eigenvalue weighted by atomic mass is 79.9. The van der Waals surface area contributed by atoms with E-state index in [1.165, 1.54) is 14.2 Å². The second-order valence-electron chi connectivity index (χ2n) is 3.88. The lowest BCUT2D eigenvalue weighted by Gasteiger charge is -2.40. The second kappa shape index (κ2) is 4.39. The van der Waals surface area contributed by atoms with Gasteiger partial charge in [0.25, 0.3) is 0 Å². The molecule has 0 aromatic rings. The fraction of sp³-hybridized carbons (Fsp3) is 0.778. The summed E-state index contributed by atoms with van der Waals surface area (Å²) < 4.78 is 10.9. The summed E-state index contributed by atoms with van der Waals surface area (Å²) in [4.78, 5) is -2.93. The molecule has 0 N–H and O–H groups in total. The zero-order valence-corrected chi connectivity index (χ0v) is 14.9. The smallest absolute Gasteiger partial charge is 0.219 e. The van der Waals surface area contributed by atoms with Gasteiger partial charge in [-0.1, -0.05) is 55.1 Å². The molecule has 8 heteroatoms. The quantitative estimate of drug-likeness (QED) is 0.465. The average molecular weight is 450 g/mol. The molecule has 0 unspecified atom stereocenters. The number of fused-ring (bicyclic) bond motifs is 2. The summed E-state index contributed by atoms with van der Waals surface area (Å²) >= 11 is 32.6. The molecule has 0 spiro atoms. The van der Waals surface area contributed by atoms with Gasteiger partial charge >= 0.3 is 0 Å². The van der Waals surface area contributed by atoms with Crippen LogP contribution in [0.5, 0.6) is 0 Å². The predicted molar refractivity (Wildman–Crippen MR) is 78.1 cm³/mol. The predicted octanol–water partition coefficient (Wildman–Crippen LogP) is 4.17. The molecule has 0 saturated heterocycles. The zero-order chi connectivity index (χ0) is 13.2. The summed E-state index contributed by atoms with van der Waals surface area (Å²) in [6.07, 6.45) is 0. The molecule has 2 nitrogen and oxygen atoms in total. The Morgan fingerprint density at radius 2 is 1.24 bits per heavy atom. The Balaban J connectivity index is 2.77. The summed E-state index contributed by atoms with van der Waals surface area (Å²) in [5, 5.41) is 0.495. The van der Waals surface area contributed by atoms with Crippen LogP contribution in [-0.4, -0.2) is 39.4 Å². The maximum Gasteiger partial charge on any atom is 0.219 e. The van der Waals surface area contributed by atoms with Crippen molar-refractivity contribution in [1.82, 2.24) is 0 Å². The van der Waals surface area contributed by atoms with Crippen LogP contribution < -0.4 is 0 Å². The Kier molecular flexibility index (Phi) is 3.92. The van der Waals surface area contributed by atoms with Gasteiger partial charge < -0.3 is 9.47 Å². The van der Waals surface area contributed by atoms with Gasteiger partial charge in [-0.15, -0.1) is 23.2 Å². The number of hydrogen-bond donors (Lipinski definition) is 0. The molecule has 98 valence electrons. The lowest BCUT2D eigenvalue weighted by molar-refractivity contribution is -0.215. The molecule has 17 heavy (non-hydrogen) atoms. The third kappa shape index (κ3) is 1.33. The molecule has 2 rings (SSSR count). The van der Waals surface area contributed by atoms with E-state index in [0.717, 1.165) is 0 Å². The number of rotatable bonds is 2. The fourth-order valence-corrected chi connectivity index (χ4v) is 6.96. The van der Waals surface area contributed by atoms with Crippen molar-refractivity contribution in [3.63, 3.8) is 0 Å². The van der Waals surface area contributed by atoms with Crippen LogP contribution in [0.4, 0.5) is 0 Å². The summed E-state index contributed by atoms with van der Waals surface area (Å²) in [5.74, 6) is -1.33. The minimum atomic E-state index is -1.33. The maximum atomic E-state index is 6.61. The number of hydrogen-bond acceptors (Lipinski definition) is 2. The molecule has 1 saturated carbocycles. The maximum absolute atomic E-state index is 6.61. The van der Waals surface area contributed by atoms with Gasteiger partial charge in [-0.3, -0.25) is 0 Å². The molecule has 2 aliphatic carbocycles. The van der Waals surface area contributed by atoms with E-state index in [4.69, 9.17) is 55.9 Å².